The quantitative estimate of drug-likeness (QED) is 0.853. The van der Waals surface area contributed by atoms with E-state index in [2.05, 4.69) is 48.5 Å². The fourth-order valence-electron chi connectivity index (χ4n) is 1.85. The van der Waals surface area contributed by atoms with Crippen LogP contribution in [0.1, 0.15) is 25.5 Å². The van der Waals surface area contributed by atoms with Crippen molar-refractivity contribution in [1.29, 1.82) is 0 Å². The van der Waals surface area contributed by atoms with Crippen molar-refractivity contribution < 1.29 is 0 Å². The molecular formula is C14H19N3. The molecule has 0 amide bonds. The van der Waals surface area contributed by atoms with Crippen LogP contribution in [0.25, 0.3) is 0 Å². The molecule has 3 heteroatoms. The molecule has 0 saturated heterocycles. The molecule has 1 N–H and O–H groups in total. The summed E-state index contributed by atoms with van der Waals surface area (Å²) in [5.74, 6) is 0. The van der Waals surface area contributed by atoms with Crippen molar-refractivity contribution in [2.75, 3.05) is 6.54 Å². The van der Waals surface area contributed by atoms with Crippen molar-refractivity contribution >= 4 is 0 Å². The van der Waals surface area contributed by atoms with E-state index in [0.717, 1.165) is 6.54 Å². The molecule has 0 aliphatic heterocycles. The summed E-state index contributed by atoms with van der Waals surface area (Å²) < 4.78 is 2.00. The Morgan fingerprint density at radius 2 is 1.94 bits per heavy atom. The number of hydrogen-bond acceptors (Lipinski definition) is 2. The van der Waals surface area contributed by atoms with Gasteiger partial charge in [0.15, 0.2) is 0 Å². The summed E-state index contributed by atoms with van der Waals surface area (Å²) in [7, 11) is 0. The van der Waals surface area contributed by atoms with Crippen molar-refractivity contribution in [1.82, 2.24) is 15.1 Å². The fourth-order valence-corrected chi connectivity index (χ4v) is 1.85. The Morgan fingerprint density at radius 3 is 2.53 bits per heavy atom. The molecule has 0 saturated carbocycles. The predicted octanol–water partition coefficient (Wildman–Crippen LogP) is 2.47. The van der Waals surface area contributed by atoms with Crippen LogP contribution < -0.4 is 5.32 Å². The maximum absolute atomic E-state index is 4.35. The zero-order valence-corrected chi connectivity index (χ0v) is 10.4. The number of benzene rings is 1. The van der Waals surface area contributed by atoms with Gasteiger partial charge in [-0.2, -0.15) is 5.10 Å². The van der Waals surface area contributed by atoms with Crippen molar-refractivity contribution in [3.8, 4) is 0 Å². The average Bonchev–Trinajstić information content (AvgIpc) is 2.84. The molecule has 0 radical (unpaired) electrons. The van der Waals surface area contributed by atoms with Crippen LogP contribution in [0.4, 0.5) is 0 Å². The van der Waals surface area contributed by atoms with Gasteiger partial charge in [-0.3, -0.25) is 4.68 Å². The van der Waals surface area contributed by atoms with E-state index in [1.165, 1.54) is 5.56 Å². The minimum absolute atomic E-state index is 0.258. The molecular weight excluding hydrogens is 210 g/mol. The molecule has 1 aromatic heterocycles. The summed E-state index contributed by atoms with van der Waals surface area (Å²) in [6.07, 6.45) is 3.84. The molecule has 1 aromatic carbocycles. The second-order valence-corrected chi connectivity index (χ2v) is 4.48. The van der Waals surface area contributed by atoms with Crippen LogP contribution in [0.15, 0.2) is 48.8 Å². The first-order chi connectivity index (χ1) is 8.27. The van der Waals surface area contributed by atoms with Gasteiger partial charge in [-0.05, 0) is 11.6 Å². The molecule has 3 nitrogen and oxygen atoms in total. The summed E-state index contributed by atoms with van der Waals surface area (Å²) in [4.78, 5) is 0. The zero-order valence-electron chi connectivity index (χ0n) is 10.4. The van der Waals surface area contributed by atoms with E-state index in [-0.39, 0.29) is 6.04 Å². The van der Waals surface area contributed by atoms with Crippen LogP contribution in [0.2, 0.25) is 0 Å². The van der Waals surface area contributed by atoms with Gasteiger partial charge in [0.1, 0.15) is 0 Å². The first kappa shape index (κ1) is 11.9. The van der Waals surface area contributed by atoms with Crippen LogP contribution in [0.3, 0.4) is 0 Å². The Hall–Kier alpha value is -1.61. The van der Waals surface area contributed by atoms with Gasteiger partial charge in [-0.25, -0.2) is 0 Å². The van der Waals surface area contributed by atoms with Crippen LogP contribution in [0.5, 0.6) is 0 Å². The van der Waals surface area contributed by atoms with E-state index in [9.17, 15) is 0 Å². The van der Waals surface area contributed by atoms with Gasteiger partial charge in [0.25, 0.3) is 0 Å². The molecule has 1 atom stereocenters. The molecule has 2 aromatic rings. The Labute approximate surface area is 102 Å². The largest absolute Gasteiger partial charge is 0.312 e. The highest BCUT2D eigenvalue weighted by atomic mass is 15.3. The maximum Gasteiger partial charge on any atom is 0.0892 e. The monoisotopic (exact) mass is 229 g/mol. The van der Waals surface area contributed by atoms with Crippen LogP contribution in [-0.2, 0) is 0 Å². The Kier molecular flexibility index (Phi) is 3.94. The van der Waals surface area contributed by atoms with E-state index in [1.54, 1.807) is 0 Å². The second-order valence-electron chi connectivity index (χ2n) is 4.48. The third-order valence-electron chi connectivity index (χ3n) is 2.75. The van der Waals surface area contributed by atoms with Crippen molar-refractivity contribution in [3.05, 3.63) is 54.4 Å². The lowest BCUT2D eigenvalue weighted by molar-refractivity contribution is 0.456. The van der Waals surface area contributed by atoms with Gasteiger partial charge >= 0.3 is 0 Å². The van der Waals surface area contributed by atoms with Crippen LogP contribution in [0, 0.1) is 0 Å². The highest BCUT2D eigenvalue weighted by Crippen LogP contribution is 2.16. The normalized spacial score (nSPS) is 12.9. The SMILES string of the molecule is CC(C)NCC(c1ccccc1)n1cccn1. The third kappa shape index (κ3) is 3.17. The van der Waals surface area contributed by atoms with Gasteiger partial charge in [0, 0.05) is 25.0 Å². The molecule has 1 heterocycles. The van der Waals surface area contributed by atoms with Crippen LogP contribution in [-0.4, -0.2) is 22.4 Å². The summed E-state index contributed by atoms with van der Waals surface area (Å²) in [5, 5.41) is 7.82. The summed E-state index contributed by atoms with van der Waals surface area (Å²) >= 11 is 0. The molecule has 0 aliphatic rings. The fraction of sp³-hybridized carbons (Fsp3) is 0.357. The van der Waals surface area contributed by atoms with Crippen molar-refractivity contribution in [2.45, 2.75) is 25.9 Å². The third-order valence-corrected chi connectivity index (χ3v) is 2.75. The highest BCUT2D eigenvalue weighted by Gasteiger charge is 2.13. The Bertz CT molecular complexity index is 420. The summed E-state index contributed by atoms with van der Waals surface area (Å²) in [5.41, 5.74) is 1.28. The van der Waals surface area contributed by atoms with Crippen LogP contribution >= 0.6 is 0 Å². The molecule has 1 unspecified atom stereocenters. The lowest BCUT2D eigenvalue weighted by atomic mass is 10.1. The summed E-state index contributed by atoms with van der Waals surface area (Å²) in [6.45, 7) is 5.21. The van der Waals surface area contributed by atoms with Gasteiger partial charge in [0.2, 0.25) is 0 Å². The number of aromatic nitrogens is 2. The molecule has 0 aliphatic carbocycles. The minimum atomic E-state index is 0.258. The lowest BCUT2D eigenvalue weighted by Gasteiger charge is -2.20. The number of nitrogens with one attached hydrogen (secondary N) is 1. The van der Waals surface area contributed by atoms with Gasteiger partial charge < -0.3 is 5.32 Å². The lowest BCUT2D eigenvalue weighted by Crippen LogP contribution is -2.31. The van der Waals surface area contributed by atoms with E-state index in [0.29, 0.717) is 6.04 Å². The first-order valence-corrected chi connectivity index (χ1v) is 6.05. The molecule has 0 fully saturated rings. The van der Waals surface area contributed by atoms with E-state index in [4.69, 9.17) is 0 Å². The van der Waals surface area contributed by atoms with Gasteiger partial charge in [-0.1, -0.05) is 44.2 Å². The second kappa shape index (κ2) is 5.64. The van der Waals surface area contributed by atoms with E-state index in [1.807, 2.05) is 29.2 Å². The average molecular weight is 229 g/mol. The zero-order chi connectivity index (χ0) is 12.1. The molecule has 0 spiro atoms. The van der Waals surface area contributed by atoms with Gasteiger partial charge in [0.05, 0.1) is 6.04 Å². The standard InChI is InChI=1S/C14H19N3/c1-12(2)15-11-14(17-10-6-9-16-17)13-7-4-3-5-8-13/h3-10,12,14-15H,11H2,1-2H3. The summed E-state index contributed by atoms with van der Waals surface area (Å²) in [6, 6.07) is 13.2. The topological polar surface area (TPSA) is 29.9 Å². The predicted molar refractivity (Wildman–Crippen MR) is 69.9 cm³/mol. The number of hydrogen-bond donors (Lipinski definition) is 1. The number of rotatable bonds is 5. The Morgan fingerprint density at radius 1 is 1.18 bits per heavy atom. The highest BCUT2D eigenvalue weighted by molar-refractivity contribution is 5.20. The first-order valence-electron chi connectivity index (χ1n) is 6.05. The van der Waals surface area contributed by atoms with E-state index < -0.39 is 0 Å². The van der Waals surface area contributed by atoms with E-state index >= 15 is 0 Å². The molecule has 90 valence electrons. The maximum atomic E-state index is 4.35. The Balaban J connectivity index is 2.19. The molecule has 2 rings (SSSR count). The van der Waals surface area contributed by atoms with Crippen molar-refractivity contribution in [3.63, 3.8) is 0 Å². The molecule has 0 bridgehead atoms. The minimum Gasteiger partial charge on any atom is -0.312 e. The number of nitrogens with zero attached hydrogens (tertiary/aromatic N) is 2. The van der Waals surface area contributed by atoms with Gasteiger partial charge in [-0.15, -0.1) is 0 Å². The van der Waals surface area contributed by atoms with Crippen molar-refractivity contribution in [2.24, 2.45) is 0 Å². The smallest absolute Gasteiger partial charge is 0.0892 e. The molecule has 17 heavy (non-hydrogen) atoms.